The molecule has 28 heavy (non-hydrogen) atoms. The molecule has 2 aliphatic rings. The Morgan fingerprint density at radius 1 is 1.32 bits per heavy atom. The minimum absolute atomic E-state index is 0.0813. The summed E-state index contributed by atoms with van der Waals surface area (Å²) in [5.74, 6) is 1.51. The summed E-state index contributed by atoms with van der Waals surface area (Å²) in [7, 11) is 0. The number of rotatable bonds is 4. The van der Waals surface area contributed by atoms with Gasteiger partial charge in [0.1, 0.15) is 22.7 Å². The van der Waals surface area contributed by atoms with Crippen molar-refractivity contribution in [3.8, 4) is 5.75 Å². The van der Waals surface area contributed by atoms with Gasteiger partial charge in [-0.2, -0.15) is 0 Å². The van der Waals surface area contributed by atoms with Gasteiger partial charge >= 0.3 is 0 Å². The van der Waals surface area contributed by atoms with Crippen LogP contribution in [0.25, 0.3) is 10.2 Å². The highest BCUT2D eigenvalue weighted by atomic mass is 32.1. The maximum absolute atomic E-state index is 12.7. The number of nitrogens with zero attached hydrogens (tertiary/aromatic N) is 3. The number of hydrogen-bond acceptors (Lipinski definition) is 6. The number of ether oxygens (including phenoxy) is 1. The SMILES string of the molecule is CCCNC(=O)[C@H]1CN(c2ncnc3sc4c(c23)CCC4)c2ccccc2O1. The Labute approximate surface area is 167 Å². The van der Waals surface area contributed by atoms with Gasteiger partial charge in [0, 0.05) is 11.4 Å². The maximum Gasteiger partial charge on any atom is 0.262 e. The molecular weight excluding hydrogens is 372 g/mol. The van der Waals surface area contributed by atoms with Crippen LogP contribution in [0, 0.1) is 0 Å². The molecule has 0 unspecified atom stereocenters. The minimum Gasteiger partial charge on any atom is -0.477 e. The first-order valence-corrected chi connectivity index (χ1v) is 10.6. The molecule has 6 nitrogen and oxygen atoms in total. The first-order valence-electron chi connectivity index (χ1n) is 9.82. The Kier molecular flexibility index (Phi) is 4.39. The molecule has 1 atom stereocenters. The van der Waals surface area contributed by atoms with Crippen molar-refractivity contribution >= 4 is 39.0 Å². The Bertz CT molecular complexity index is 1050. The lowest BCUT2D eigenvalue weighted by Gasteiger charge is -2.35. The second kappa shape index (κ2) is 7.05. The predicted octanol–water partition coefficient (Wildman–Crippen LogP) is 3.61. The molecule has 1 amide bonds. The molecule has 1 N–H and O–H groups in total. The van der Waals surface area contributed by atoms with E-state index in [1.165, 1.54) is 16.9 Å². The zero-order chi connectivity index (χ0) is 19.1. The van der Waals surface area contributed by atoms with Crippen LogP contribution in [0.3, 0.4) is 0 Å². The van der Waals surface area contributed by atoms with Crippen molar-refractivity contribution in [2.45, 2.75) is 38.7 Å². The van der Waals surface area contributed by atoms with E-state index in [0.29, 0.717) is 18.8 Å². The molecule has 144 valence electrons. The number of carbonyl (C=O) groups is 1. The third kappa shape index (κ3) is 2.81. The van der Waals surface area contributed by atoms with Crippen molar-refractivity contribution < 1.29 is 9.53 Å². The molecule has 0 saturated heterocycles. The number of nitrogens with one attached hydrogen (secondary N) is 1. The summed E-state index contributed by atoms with van der Waals surface area (Å²) in [5, 5.41) is 4.10. The van der Waals surface area contributed by atoms with E-state index in [-0.39, 0.29) is 5.91 Å². The lowest BCUT2D eigenvalue weighted by atomic mass is 10.1. The fraction of sp³-hybridized carbons (Fsp3) is 0.381. The Hall–Kier alpha value is -2.67. The lowest BCUT2D eigenvalue weighted by Crippen LogP contribution is -2.48. The first-order chi connectivity index (χ1) is 13.8. The lowest BCUT2D eigenvalue weighted by molar-refractivity contribution is -0.127. The highest BCUT2D eigenvalue weighted by molar-refractivity contribution is 7.19. The standard InChI is InChI=1S/C21H22N4O2S/c1-2-10-22-20(26)16-11-25(14-7-3-4-8-15(14)27-16)19-18-13-6-5-9-17(13)28-21(18)24-12-23-19/h3-4,7-8,12,16H,2,5-6,9-11H2,1H3,(H,22,26)/t16-/m1/s1. The van der Waals surface area contributed by atoms with Gasteiger partial charge in [-0.05, 0) is 43.4 Å². The van der Waals surface area contributed by atoms with Gasteiger partial charge in [0.05, 0.1) is 17.6 Å². The van der Waals surface area contributed by atoms with Crippen LogP contribution in [0.15, 0.2) is 30.6 Å². The van der Waals surface area contributed by atoms with Crippen LogP contribution in [0.5, 0.6) is 5.75 Å². The van der Waals surface area contributed by atoms with Gasteiger partial charge in [0.25, 0.3) is 5.91 Å². The highest BCUT2D eigenvalue weighted by Crippen LogP contribution is 2.44. The van der Waals surface area contributed by atoms with Crippen molar-refractivity contribution in [2.24, 2.45) is 0 Å². The van der Waals surface area contributed by atoms with Crippen LogP contribution in [-0.4, -0.2) is 35.1 Å². The Morgan fingerprint density at radius 2 is 2.21 bits per heavy atom. The van der Waals surface area contributed by atoms with Crippen molar-refractivity contribution in [3.05, 3.63) is 41.0 Å². The molecule has 2 aromatic heterocycles. The minimum atomic E-state index is -0.571. The van der Waals surface area contributed by atoms with E-state index in [0.717, 1.165) is 41.0 Å². The molecule has 0 spiro atoms. The summed E-state index contributed by atoms with van der Waals surface area (Å²) < 4.78 is 6.03. The number of hydrogen-bond donors (Lipinski definition) is 1. The predicted molar refractivity (Wildman–Crippen MR) is 111 cm³/mol. The second-order valence-electron chi connectivity index (χ2n) is 7.21. The fourth-order valence-electron chi connectivity index (χ4n) is 4.05. The molecule has 1 aliphatic carbocycles. The van der Waals surface area contributed by atoms with Crippen molar-refractivity contribution in [2.75, 3.05) is 18.0 Å². The van der Waals surface area contributed by atoms with Gasteiger partial charge in [0.2, 0.25) is 0 Å². The molecule has 1 aliphatic heterocycles. The van der Waals surface area contributed by atoms with Gasteiger partial charge in [-0.15, -0.1) is 11.3 Å². The van der Waals surface area contributed by atoms with Crippen LogP contribution in [-0.2, 0) is 17.6 Å². The normalized spacial score (nSPS) is 17.9. The van der Waals surface area contributed by atoms with Crippen molar-refractivity contribution in [3.63, 3.8) is 0 Å². The van der Waals surface area contributed by atoms with E-state index >= 15 is 0 Å². The Morgan fingerprint density at radius 3 is 3.11 bits per heavy atom. The molecular formula is C21H22N4O2S. The number of benzene rings is 1. The monoisotopic (exact) mass is 394 g/mol. The van der Waals surface area contributed by atoms with Crippen LogP contribution < -0.4 is 15.0 Å². The molecule has 3 aromatic rings. The van der Waals surface area contributed by atoms with Crippen LogP contribution >= 0.6 is 11.3 Å². The summed E-state index contributed by atoms with van der Waals surface area (Å²) in [4.78, 5) is 26.4. The second-order valence-corrected chi connectivity index (χ2v) is 8.29. The van der Waals surface area contributed by atoms with Gasteiger partial charge in [-0.3, -0.25) is 4.79 Å². The average molecular weight is 395 g/mol. The molecule has 0 radical (unpaired) electrons. The molecule has 0 bridgehead atoms. The average Bonchev–Trinajstić information content (AvgIpc) is 3.32. The summed E-state index contributed by atoms with van der Waals surface area (Å²) in [6.45, 7) is 3.12. The highest BCUT2D eigenvalue weighted by Gasteiger charge is 2.34. The number of amides is 1. The molecule has 0 fully saturated rings. The van der Waals surface area contributed by atoms with Crippen LogP contribution in [0.2, 0.25) is 0 Å². The van der Waals surface area contributed by atoms with E-state index in [2.05, 4.69) is 20.2 Å². The summed E-state index contributed by atoms with van der Waals surface area (Å²) in [6, 6.07) is 7.86. The topological polar surface area (TPSA) is 67.4 Å². The molecule has 5 rings (SSSR count). The molecule has 1 aromatic carbocycles. The zero-order valence-electron chi connectivity index (χ0n) is 15.8. The number of anilines is 2. The Balaban J connectivity index is 1.61. The van der Waals surface area contributed by atoms with Gasteiger partial charge < -0.3 is 15.0 Å². The zero-order valence-corrected chi connectivity index (χ0v) is 16.6. The summed E-state index contributed by atoms with van der Waals surface area (Å²) in [5.41, 5.74) is 2.33. The van der Waals surface area contributed by atoms with Gasteiger partial charge in [-0.25, -0.2) is 9.97 Å². The van der Waals surface area contributed by atoms with Crippen LogP contribution in [0.1, 0.15) is 30.2 Å². The van der Waals surface area contributed by atoms with E-state index in [4.69, 9.17) is 4.74 Å². The molecule has 0 saturated carbocycles. The number of fused-ring (bicyclic) bond motifs is 4. The van der Waals surface area contributed by atoms with Crippen molar-refractivity contribution in [1.82, 2.24) is 15.3 Å². The number of aryl methyl sites for hydroxylation is 2. The van der Waals surface area contributed by atoms with Gasteiger partial charge in [0.15, 0.2) is 6.10 Å². The largest absolute Gasteiger partial charge is 0.477 e. The van der Waals surface area contributed by atoms with E-state index < -0.39 is 6.10 Å². The quantitative estimate of drug-likeness (QED) is 0.732. The fourth-order valence-corrected chi connectivity index (χ4v) is 5.27. The van der Waals surface area contributed by atoms with E-state index in [9.17, 15) is 4.79 Å². The number of carbonyl (C=O) groups excluding carboxylic acids is 1. The van der Waals surface area contributed by atoms with Crippen molar-refractivity contribution in [1.29, 1.82) is 0 Å². The molecule has 7 heteroatoms. The van der Waals surface area contributed by atoms with E-state index in [1.807, 2.05) is 31.2 Å². The summed E-state index contributed by atoms with van der Waals surface area (Å²) in [6.07, 6.45) is 5.34. The summed E-state index contributed by atoms with van der Waals surface area (Å²) >= 11 is 1.78. The first kappa shape index (κ1) is 17.4. The third-order valence-electron chi connectivity index (χ3n) is 5.35. The maximum atomic E-state index is 12.7. The smallest absolute Gasteiger partial charge is 0.262 e. The number of para-hydroxylation sites is 2. The third-order valence-corrected chi connectivity index (χ3v) is 6.55. The molecule has 3 heterocycles. The number of aromatic nitrogens is 2. The van der Waals surface area contributed by atoms with Crippen LogP contribution in [0.4, 0.5) is 11.5 Å². The number of thiophene rings is 1. The van der Waals surface area contributed by atoms with E-state index in [1.54, 1.807) is 17.7 Å². The van der Waals surface area contributed by atoms with Gasteiger partial charge in [-0.1, -0.05) is 19.1 Å².